The van der Waals surface area contributed by atoms with Gasteiger partial charge in [0.25, 0.3) is 0 Å². The van der Waals surface area contributed by atoms with Crippen LogP contribution in [0.15, 0.2) is 18.2 Å². The molecule has 0 saturated carbocycles. The molecule has 0 spiro atoms. The maximum Gasteiger partial charge on any atom is 0.335 e. The molecular formula is C14H19NO4S. The summed E-state index contributed by atoms with van der Waals surface area (Å²) in [6.07, 6.45) is 0.624. The smallest absolute Gasteiger partial charge is 0.335 e. The van der Waals surface area contributed by atoms with Crippen LogP contribution in [-0.2, 0) is 16.4 Å². The van der Waals surface area contributed by atoms with Crippen LogP contribution >= 0.6 is 0 Å². The van der Waals surface area contributed by atoms with E-state index in [0.29, 0.717) is 18.7 Å². The Labute approximate surface area is 119 Å². The number of rotatable bonds is 3. The molecule has 1 aliphatic rings. The molecule has 5 nitrogen and oxygen atoms in total. The molecule has 0 amide bonds. The predicted molar refractivity (Wildman–Crippen MR) is 77.7 cm³/mol. The molecule has 0 fully saturated rings. The van der Waals surface area contributed by atoms with E-state index in [9.17, 15) is 13.2 Å². The summed E-state index contributed by atoms with van der Waals surface area (Å²) in [4.78, 5) is 11.0. The van der Waals surface area contributed by atoms with Gasteiger partial charge in [0.1, 0.15) is 0 Å². The van der Waals surface area contributed by atoms with Gasteiger partial charge in [0.05, 0.1) is 17.0 Å². The van der Waals surface area contributed by atoms with E-state index in [0.717, 1.165) is 5.56 Å². The Morgan fingerprint density at radius 2 is 2.00 bits per heavy atom. The molecule has 1 N–H and O–H groups in total. The molecule has 2 rings (SSSR count). The molecule has 0 aromatic heterocycles. The van der Waals surface area contributed by atoms with E-state index in [2.05, 4.69) is 0 Å². The Balaban J connectivity index is 2.40. The van der Waals surface area contributed by atoms with Gasteiger partial charge in [-0.1, -0.05) is 26.8 Å². The van der Waals surface area contributed by atoms with E-state index in [1.165, 1.54) is 16.4 Å². The lowest BCUT2D eigenvalue weighted by Gasteiger charge is -2.25. The van der Waals surface area contributed by atoms with E-state index < -0.39 is 16.0 Å². The van der Waals surface area contributed by atoms with Crippen LogP contribution in [0, 0.1) is 5.41 Å². The third-order valence-electron chi connectivity index (χ3n) is 3.14. The molecule has 0 radical (unpaired) electrons. The van der Waals surface area contributed by atoms with Crippen molar-refractivity contribution in [1.29, 1.82) is 0 Å². The lowest BCUT2D eigenvalue weighted by atomic mass is 10.0. The van der Waals surface area contributed by atoms with Crippen LogP contribution in [0.5, 0.6) is 0 Å². The van der Waals surface area contributed by atoms with Crippen molar-refractivity contribution in [2.45, 2.75) is 27.2 Å². The highest BCUT2D eigenvalue weighted by Gasteiger charge is 2.33. The van der Waals surface area contributed by atoms with E-state index >= 15 is 0 Å². The van der Waals surface area contributed by atoms with Gasteiger partial charge in [-0.3, -0.25) is 4.31 Å². The van der Waals surface area contributed by atoms with Gasteiger partial charge in [0, 0.05) is 6.54 Å². The lowest BCUT2D eigenvalue weighted by Crippen LogP contribution is -2.35. The summed E-state index contributed by atoms with van der Waals surface area (Å²) < 4.78 is 26.3. The first kappa shape index (κ1) is 14.8. The third-order valence-corrected chi connectivity index (χ3v) is 5.42. The van der Waals surface area contributed by atoms with Gasteiger partial charge in [-0.05, 0) is 29.5 Å². The van der Waals surface area contributed by atoms with Crippen molar-refractivity contribution >= 4 is 21.7 Å². The minimum atomic E-state index is -3.43. The Bertz CT molecular complexity index is 644. The molecule has 20 heavy (non-hydrogen) atoms. The maximum absolute atomic E-state index is 12.5. The molecular weight excluding hydrogens is 278 g/mol. The minimum absolute atomic E-state index is 0.0384. The topological polar surface area (TPSA) is 74.7 Å². The summed E-state index contributed by atoms with van der Waals surface area (Å²) in [7, 11) is -3.43. The molecule has 0 saturated heterocycles. The summed E-state index contributed by atoms with van der Waals surface area (Å²) in [6.45, 7) is 6.00. The van der Waals surface area contributed by atoms with Crippen molar-refractivity contribution in [3.8, 4) is 0 Å². The summed E-state index contributed by atoms with van der Waals surface area (Å²) in [5.41, 5.74) is 1.16. The maximum atomic E-state index is 12.5. The summed E-state index contributed by atoms with van der Waals surface area (Å²) in [5, 5.41) is 9.02. The molecule has 0 bridgehead atoms. The van der Waals surface area contributed by atoms with E-state index in [4.69, 9.17) is 5.11 Å². The highest BCUT2D eigenvalue weighted by molar-refractivity contribution is 7.92. The summed E-state index contributed by atoms with van der Waals surface area (Å²) >= 11 is 0. The highest BCUT2D eigenvalue weighted by Crippen LogP contribution is 2.33. The Morgan fingerprint density at radius 3 is 2.55 bits per heavy atom. The number of carboxylic acid groups (broad SMARTS) is 1. The van der Waals surface area contributed by atoms with Gasteiger partial charge in [0.2, 0.25) is 10.0 Å². The van der Waals surface area contributed by atoms with Gasteiger partial charge in [-0.15, -0.1) is 0 Å². The van der Waals surface area contributed by atoms with Crippen LogP contribution in [0.2, 0.25) is 0 Å². The predicted octanol–water partition coefficient (Wildman–Crippen LogP) is 2.12. The SMILES string of the molecule is CC(C)(C)CS(=O)(=O)N1CCc2ccc(C(=O)O)cc21. The quantitative estimate of drug-likeness (QED) is 0.927. The Kier molecular flexibility index (Phi) is 3.54. The summed E-state index contributed by atoms with van der Waals surface area (Å²) in [6, 6.07) is 4.66. The number of benzene rings is 1. The standard InChI is InChI=1S/C14H19NO4S/c1-14(2,3)9-20(18,19)15-7-6-10-4-5-11(13(16)17)8-12(10)15/h4-5,8H,6-7,9H2,1-3H3,(H,16,17). The fraction of sp³-hybridized carbons (Fsp3) is 0.500. The highest BCUT2D eigenvalue weighted by atomic mass is 32.2. The van der Waals surface area contributed by atoms with Crippen LogP contribution in [0.4, 0.5) is 5.69 Å². The van der Waals surface area contributed by atoms with Crippen LogP contribution < -0.4 is 4.31 Å². The number of aromatic carboxylic acids is 1. The van der Waals surface area contributed by atoms with Crippen molar-refractivity contribution < 1.29 is 18.3 Å². The molecule has 6 heteroatoms. The Hall–Kier alpha value is -1.56. The number of nitrogens with zero attached hydrogens (tertiary/aromatic N) is 1. The minimum Gasteiger partial charge on any atom is -0.478 e. The summed E-state index contributed by atoms with van der Waals surface area (Å²) in [5.74, 6) is -1.01. The van der Waals surface area contributed by atoms with Gasteiger partial charge >= 0.3 is 5.97 Å². The first-order valence-electron chi connectivity index (χ1n) is 6.47. The molecule has 1 aromatic rings. The van der Waals surface area contributed by atoms with Crippen LogP contribution in [0.3, 0.4) is 0 Å². The number of anilines is 1. The fourth-order valence-electron chi connectivity index (χ4n) is 2.40. The van der Waals surface area contributed by atoms with Crippen molar-refractivity contribution in [2.75, 3.05) is 16.6 Å². The molecule has 1 aromatic carbocycles. The van der Waals surface area contributed by atoms with Crippen molar-refractivity contribution in [2.24, 2.45) is 5.41 Å². The van der Waals surface area contributed by atoms with Crippen molar-refractivity contribution in [3.05, 3.63) is 29.3 Å². The fourth-order valence-corrected chi connectivity index (χ4v) is 4.49. The average Bonchev–Trinajstić information content (AvgIpc) is 2.68. The first-order valence-corrected chi connectivity index (χ1v) is 8.08. The van der Waals surface area contributed by atoms with Crippen LogP contribution in [-0.4, -0.2) is 31.8 Å². The van der Waals surface area contributed by atoms with Gasteiger partial charge in [0.15, 0.2) is 0 Å². The second-order valence-electron chi connectivity index (χ2n) is 6.29. The second-order valence-corrected chi connectivity index (χ2v) is 8.18. The molecule has 0 atom stereocenters. The lowest BCUT2D eigenvalue weighted by molar-refractivity contribution is 0.0697. The average molecular weight is 297 g/mol. The van der Waals surface area contributed by atoms with Gasteiger partial charge in [-0.2, -0.15) is 0 Å². The number of carbonyl (C=O) groups is 1. The number of carboxylic acids is 1. The van der Waals surface area contributed by atoms with Gasteiger partial charge < -0.3 is 5.11 Å². The van der Waals surface area contributed by atoms with E-state index in [1.54, 1.807) is 6.07 Å². The molecule has 1 heterocycles. The largest absolute Gasteiger partial charge is 0.478 e. The van der Waals surface area contributed by atoms with Crippen molar-refractivity contribution in [3.63, 3.8) is 0 Å². The zero-order chi connectivity index (χ0) is 15.1. The van der Waals surface area contributed by atoms with Crippen LogP contribution in [0.1, 0.15) is 36.7 Å². The molecule has 0 aliphatic carbocycles. The zero-order valence-corrected chi connectivity index (χ0v) is 12.7. The number of fused-ring (bicyclic) bond motifs is 1. The monoisotopic (exact) mass is 297 g/mol. The molecule has 0 unspecified atom stereocenters. The second kappa shape index (κ2) is 4.77. The molecule has 110 valence electrons. The van der Waals surface area contributed by atoms with Crippen LogP contribution in [0.25, 0.3) is 0 Å². The number of hydrogen-bond acceptors (Lipinski definition) is 3. The van der Waals surface area contributed by atoms with E-state index in [-0.39, 0.29) is 16.7 Å². The van der Waals surface area contributed by atoms with E-state index in [1.807, 2.05) is 20.8 Å². The van der Waals surface area contributed by atoms with Crippen molar-refractivity contribution in [1.82, 2.24) is 0 Å². The van der Waals surface area contributed by atoms with Gasteiger partial charge in [-0.25, -0.2) is 13.2 Å². The normalized spacial score (nSPS) is 15.2. The third kappa shape index (κ3) is 2.95. The molecule has 1 aliphatic heterocycles. The Morgan fingerprint density at radius 1 is 1.35 bits per heavy atom. The number of sulfonamides is 1. The number of hydrogen-bond donors (Lipinski definition) is 1. The zero-order valence-electron chi connectivity index (χ0n) is 11.9. The first-order chi connectivity index (χ1) is 9.10.